The number of aliphatic carboxylic acids is 1. The fourth-order valence-corrected chi connectivity index (χ4v) is 2.19. The number of carboxylic acid groups (broad SMARTS) is 1. The summed E-state index contributed by atoms with van der Waals surface area (Å²) < 4.78 is 0. The third-order valence-corrected chi connectivity index (χ3v) is 3.59. The van der Waals surface area contributed by atoms with Crippen LogP contribution < -0.4 is 0 Å². The minimum atomic E-state index is -0.888. The molecule has 19 heavy (non-hydrogen) atoms. The van der Waals surface area contributed by atoms with Crippen molar-refractivity contribution in [3.8, 4) is 0 Å². The number of aromatic nitrogens is 2. The molecular weight excluding hydrogens is 242 g/mol. The Balaban J connectivity index is 2.31. The van der Waals surface area contributed by atoms with Gasteiger partial charge >= 0.3 is 5.97 Å². The molecule has 0 atom stereocenters. The van der Waals surface area contributed by atoms with Crippen molar-refractivity contribution in [1.82, 2.24) is 14.9 Å². The highest BCUT2D eigenvalue weighted by atomic mass is 16.4. The molecule has 2 heterocycles. The van der Waals surface area contributed by atoms with Gasteiger partial charge in [-0.25, -0.2) is 4.98 Å². The van der Waals surface area contributed by atoms with Gasteiger partial charge in [-0.05, 0) is 38.1 Å². The second-order valence-electron chi connectivity index (χ2n) is 5.09. The molecule has 0 radical (unpaired) electrons. The maximum absolute atomic E-state index is 11.4. The van der Waals surface area contributed by atoms with Crippen LogP contribution in [0.25, 0.3) is 11.0 Å². The lowest BCUT2D eigenvalue weighted by Crippen LogP contribution is -2.49. The van der Waals surface area contributed by atoms with Crippen LogP contribution in [-0.4, -0.2) is 38.0 Å². The zero-order valence-corrected chi connectivity index (χ0v) is 11.5. The van der Waals surface area contributed by atoms with E-state index < -0.39 is 11.5 Å². The van der Waals surface area contributed by atoms with Gasteiger partial charge in [0.25, 0.3) is 0 Å². The van der Waals surface area contributed by atoms with Crippen molar-refractivity contribution in [3.05, 3.63) is 30.1 Å². The number of H-pyrrole nitrogens is 1. The number of fused-ring (bicyclic) bond motifs is 1. The SMILES string of the molecule is CCN(Cc1c[nH]c2ncccc12)C(C)(C)C(=O)O. The molecule has 0 unspecified atom stereocenters. The number of hydrogen-bond donors (Lipinski definition) is 2. The molecule has 2 aromatic rings. The predicted octanol–water partition coefficient (Wildman–Crippen LogP) is 2.25. The van der Waals surface area contributed by atoms with Gasteiger partial charge in [0.2, 0.25) is 0 Å². The highest BCUT2D eigenvalue weighted by Gasteiger charge is 2.33. The van der Waals surface area contributed by atoms with E-state index in [4.69, 9.17) is 0 Å². The molecule has 0 aliphatic heterocycles. The number of nitrogens with one attached hydrogen (secondary N) is 1. The summed E-state index contributed by atoms with van der Waals surface area (Å²) in [5.74, 6) is -0.813. The standard InChI is InChI=1S/C14H19N3O2/c1-4-17(14(2,3)13(18)19)9-10-8-16-12-11(10)6-5-7-15-12/h5-8H,4,9H2,1-3H3,(H,15,16)(H,18,19). The van der Waals surface area contributed by atoms with Gasteiger partial charge in [0.15, 0.2) is 0 Å². The van der Waals surface area contributed by atoms with E-state index in [9.17, 15) is 9.90 Å². The maximum Gasteiger partial charge on any atom is 0.323 e. The van der Waals surface area contributed by atoms with Crippen LogP contribution in [0.4, 0.5) is 0 Å². The van der Waals surface area contributed by atoms with Gasteiger partial charge in [0, 0.05) is 24.3 Å². The first kappa shape index (κ1) is 13.5. The second kappa shape index (κ2) is 5.01. The van der Waals surface area contributed by atoms with Crippen LogP contribution in [0.5, 0.6) is 0 Å². The summed E-state index contributed by atoms with van der Waals surface area (Å²) >= 11 is 0. The normalized spacial score (nSPS) is 12.2. The quantitative estimate of drug-likeness (QED) is 0.866. The van der Waals surface area contributed by atoms with Crippen molar-refractivity contribution < 1.29 is 9.90 Å². The van der Waals surface area contributed by atoms with Crippen LogP contribution in [0.15, 0.2) is 24.5 Å². The van der Waals surface area contributed by atoms with Crippen LogP contribution in [0.1, 0.15) is 26.3 Å². The Kier molecular flexibility index (Phi) is 3.57. The minimum Gasteiger partial charge on any atom is -0.480 e. The first-order valence-corrected chi connectivity index (χ1v) is 6.36. The summed E-state index contributed by atoms with van der Waals surface area (Å²) in [6, 6.07) is 3.88. The monoisotopic (exact) mass is 261 g/mol. The molecule has 0 spiro atoms. The minimum absolute atomic E-state index is 0.585. The van der Waals surface area contributed by atoms with Gasteiger partial charge in [-0.2, -0.15) is 0 Å². The number of likely N-dealkylation sites (N-methyl/N-ethyl adjacent to an activating group) is 1. The van der Waals surface area contributed by atoms with Crippen molar-refractivity contribution in [2.24, 2.45) is 0 Å². The topological polar surface area (TPSA) is 69.2 Å². The molecule has 0 aromatic carbocycles. The molecule has 0 amide bonds. The molecule has 0 saturated carbocycles. The molecule has 102 valence electrons. The highest BCUT2D eigenvalue weighted by molar-refractivity contribution is 5.80. The summed E-state index contributed by atoms with van der Waals surface area (Å²) in [4.78, 5) is 20.6. The molecular formula is C14H19N3O2. The first-order valence-electron chi connectivity index (χ1n) is 6.36. The van der Waals surface area contributed by atoms with Crippen molar-refractivity contribution in [2.75, 3.05) is 6.54 Å². The maximum atomic E-state index is 11.4. The second-order valence-corrected chi connectivity index (χ2v) is 5.09. The first-order chi connectivity index (χ1) is 8.96. The lowest BCUT2D eigenvalue weighted by molar-refractivity contribution is -0.149. The Labute approximate surface area is 112 Å². The van der Waals surface area contributed by atoms with Crippen LogP contribution in [0.3, 0.4) is 0 Å². The molecule has 2 N–H and O–H groups in total. The van der Waals surface area contributed by atoms with E-state index in [0.717, 1.165) is 16.6 Å². The molecule has 2 rings (SSSR count). The number of rotatable bonds is 5. The van der Waals surface area contributed by atoms with Crippen LogP contribution in [0, 0.1) is 0 Å². The Hall–Kier alpha value is -1.88. The molecule has 0 bridgehead atoms. The number of aromatic amines is 1. The average Bonchev–Trinajstić information content (AvgIpc) is 2.78. The van der Waals surface area contributed by atoms with Gasteiger partial charge < -0.3 is 10.1 Å². The van der Waals surface area contributed by atoms with Gasteiger partial charge in [-0.1, -0.05) is 6.92 Å². The summed E-state index contributed by atoms with van der Waals surface area (Å²) in [5, 5.41) is 10.4. The Morgan fingerprint density at radius 2 is 2.26 bits per heavy atom. The average molecular weight is 261 g/mol. The summed E-state index contributed by atoms with van der Waals surface area (Å²) in [5.41, 5.74) is 1.02. The number of carbonyl (C=O) groups is 1. The largest absolute Gasteiger partial charge is 0.480 e. The highest BCUT2D eigenvalue weighted by Crippen LogP contribution is 2.22. The van der Waals surface area contributed by atoms with Crippen LogP contribution in [-0.2, 0) is 11.3 Å². The molecule has 0 saturated heterocycles. The van der Waals surface area contributed by atoms with E-state index in [1.54, 1.807) is 20.0 Å². The number of hydrogen-bond acceptors (Lipinski definition) is 3. The summed E-state index contributed by atoms with van der Waals surface area (Å²) in [6.07, 6.45) is 3.64. The fourth-order valence-electron chi connectivity index (χ4n) is 2.19. The fraction of sp³-hybridized carbons (Fsp3) is 0.429. The Bertz CT molecular complexity index is 589. The van der Waals surface area contributed by atoms with Crippen LogP contribution >= 0.6 is 0 Å². The van der Waals surface area contributed by atoms with Gasteiger partial charge in [0.05, 0.1) is 0 Å². The van der Waals surface area contributed by atoms with Crippen molar-refractivity contribution in [3.63, 3.8) is 0 Å². The molecule has 5 heteroatoms. The third kappa shape index (κ3) is 2.46. The summed E-state index contributed by atoms with van der Waals surface area (Å²) in [6.45, 7) is 6.68. The van der Waals surface area contributed by atoms with Gasteiger partial charge in [-0.15, -0.1) is 0 Å². The molecule has 0 aliphatic carbocycles. The van der Waals surface area contributed by atoms with Crippen molar-refractivity contribution in [1.29, 1.82) is 0 Å². The summed E-state index contributed by atoms with van der Waals surface area (Å²) in [7, 11) is 0. The number of carboxylic acids is 1. The van der Waals surface area contributed by atoms with E-state index in [1.807, 2.05) is 30.2 Å². The molecule has 0 aliphatic rings. The zero-order valence-electron chi connectivity index (χ0n) is 11.5. The van der Waals surface area contributed by atoms with Crippen molar-refractivity contribution in [2.45, 2.75) is 32.9 Å². The molecule has 5 nitrogen and oxygen atoms in total. The van der Waals surface area contributed by atoms with E-state index in [2.05, 4.69) is 9.97 Å². The lowest BCUT2D eigenvalue weighted by atomic mass is 10.0. The number of pyridine rings is 1. The van der Waals surface area contributed by atoms with E-state index >= 15 is 0 Å². The number of nitrogens with zero attached hydrogens (tertiary/aromatic N) is 2. The van der Waals surface area contributed by atoms with Crippen molar-refractivity contribution >= 4 is 17.0 Å². The van der Waals surface area contributed by atoms with E-state index in [0.29, 0.717) is 13.1 Å². The van der Waals surface area contributed by atoms with Gasteiger partial charge in [0.1, 0.15) is 11.2 Å². The van der Waals surface area contributed by atoms with E-state index in [-0.39, 0.29) is 0 Å². The molecule has 2 aromatic heterocycles. The third-order valence-electron chi connectivity index (χ3n) is 3.59. The van der Waals surface area contributed by atoms with Crippen LogP contribution in [0.2, 0.25) is 0 Å². The molecule has 0 fully saturated rings. The van der Waals surface area contributed by atoms with Gasteiger partial charge in [-0.3, -0.25) is 9.69 Å². The Morgan fingerprint density at radius 1 is 1.53 bits per heavy atom. The lowest BCUT2D eigenvalue weighted by Gasteiger charge is -2.33. The Morgan fingerprint density at radius 3 is 2.89 bits per heavy atom. The zero-order chi connectivity index (χ0) is 14.0. The predicted molar refractivity (Wildman–Crippen MR) is 73.9 cm³/mol. The smallest absolute Gasteiger partial charge is 0.323 e. The van der Waals surface area contributed by atoms with E-state index in [1.165, 1.54) is 0 Å².